The monoisotopic (exact) mass is 385 g/mol. The van der Waals surface area contributed by atoms with E-state index in [0.29, 0.717) is 30.2 Å². The van der Waals surface area contributed by atoms with Crippen molar-refractivity contribution in [1.82, 2.24) is 20.8 Å². The number of nitrogens with zero attached hydrogens (tertiary/aromatic N) is 2. The number of aromatic nitrogens is 2. The Morgan fingerprint density at radius 2 is 1.57 bits per heavy atom. The van der Waals surface area contributed by atoms with Gasteiger partial charge in [0.2, 0.25) is 11.8 Å². The van der Waals surface area contributed by atoms with Crippen LogP contribution in [0.5, 0.6) is 5.88 Å². The van der Waals surface area contributed by atoms with Crippen molar-refractivity contribution in [2.75, 3.05) is 25.0 Å². The van der Waals surface area contributed by atoms with Crippen molar-refractivity contribution in [2.24, 2.45) is 0 Å². The zero-order chi connectivity index (χ0) is 20.4. The molecular formula is C19H23N5O4. The summed E-state index contributed by atoms with van der Waals surface area (Å²) in [6.07, 6.45) is 0.385. The predicted molar refractivity (Wildman–Crippen MR) is 103 cm³/mol. The lowest BCUT2D eigenvalue weighted by Crippen LogP contribution is -2.35. The lowest BCUT2D eigenvalue weighted by molar-refractivity contribution is -0.115. The SMILES string of the molecule is CCOc1ccc(C(=O)NCCNC(=O)c2ccc(NC(=O)CC)cc2)nn1. The number of nitrogens with one attached hydrogen (secondary N) is 3. The third-order valence-electron chi connectivity index (χ3n) is 3.61. The van der Waals surface area contributed by atoms with Crippen LogP contribution >= 0.6 is 0 Å². The maximum absolute atomic E-state index is 12.1. The summed E-state index contributed by atoms with van der Waals surface area (Å²) in [4.78, 5) is 35.4. The summed E-state index contributed by atoms with van der Waals surface area (Å²) in [6, 6.07) is 9.65. The number of ether oxygens (including phenoxy) is 1. The number of carbonyl (C=O) groups excluding carboxylic acids is 3. The summed E-state index contributed by atoms with van der Waals surface area (Å²) in [6.45, 7) is 4.55. The Morgan fingerprint density at radius 3 is 2.14 bits per heavy atom. The van der Waals surface area contributed by atoms with Gasteiger partial charge in [0.05, 0.1) is 6.61 Å². The van der Waals surface area contributed by atoms with Crippen molar-refractivity contribution in [3.63, 3.8) is 0 Å². The first kappa shape index (κ1) is 20.8. The van der Waals surface area contributed by atoms with Gasteiger partial charge in [0.15, 0.2) is 5.69 Å². The third kappa shape index (κ3) is 6.35. The van der Waals surface area contributed by atoms with E-state index in [1.54, 1.807) is 37.3 Å². The molecule has 0 saturated heterocycles. The number of carbonyl (C=O) groups is 3. The third-order valence-corrected chi connectivity index (χ3v) is 3.61. The topological polar surface area (TPSA) is 122 Å². The molecule has 28 heavy (non-hydrogen) atoms. The van der Waals surface area contributed by atoms with Gasteiger partial charge in [-0.25, -0.2) is 0 Å². The predicted octanol–water partition coefficient (Wildman–Crippen LogP) is 1.38. The van der Waals surface area contributed by atoms with E-state index in [1.165, 1.54) is 6.07 Å². The average molecular weight is 385 g/mol. The van der Waals surface area contributed by atoms with Crippen molar-refractivity contribution < 1.29 is 19.1 Å². The quantitative estimate of drug-likeness (QED) is 0.561. The molecule has 0 spiro atoms. The summed E-state index contributed by atoms with van der Waals surface area (Å²) in [5.41, 5.74) is 1.25. The summed E-state index contributed by atoms with van der Waals surface area (Å²) in [5, 5.41) is 15.6. The van der Waals surface area contributed by atoms with E-state index < -0.39 is 0 Å². The van der Waals surface area contributed by atoms with Crippen LogP contribution in [0.2, 0.25) is 0 Å². The Kier molecular flexibility index (Phi) is 7.89. The summed E-state index contributed by atoms with van der Waals surface area (Å²) < 4.78 is 5.17. The molecule has 3 N–H and O–H groups in total. The fourth-order valence-electron chi connectivity index (χ4n) is 2.16. The second-order valence-electron chi connectivity index (χ2n) is 5.68. The Hall–Kier alpha value is -3.49. The van der Waals surface area contributed by atoms with Crippen LogP contribution < -0.4 is 20.7 Å². The average Bonchev–Trinajstić information content (AvgIpc) is 2.72. The number of hydrogen-bond donors (Lipinski definition) is 3. The van der Waals surface area contributed by atoms with E-state index in [0.717, 1.165) is 0 Å². The number of rotatable bonds is 9. The van der Waals surface area contributed by atoms with Gasteiger partial charge in [-0.15, -0.1) is 10.2 Å². The molecule has 9 nitrogen and oxygen atoms in total. The molecule has 0 fully saturated rings. The van der Waals surface area contributed by atoms with Crippen LogP contribution in [0, 0.1) is 0 Å². The number of amides is 3. The molecule has 0 aliphatic heterocycles. The van der Waals surface area contributed by atoms with Crippen molar-refractivity contribution >= 4 is 23.4 Å². The Morgan fingerprint density at radius 1 is 0.893 bits per heavy atom. The second kappa shape index (κ2) is 10.6. The zero-order valence-electron chi connectivity index (χ0n) is 15.8. The van der Waals surface area contributed by atoms with Crippen molar-refractivity contribution in [3.8, 4) is 5.88 Å². The first-order valence-electron chi connectivity index (χ1n) is 8.96. The molecule has 2 aromatic rings. The molecule has 1 aromatic heterocycles. The Bertz CT molecular complexity index is 806. The minimum Gasteiger partial charge on any atom is -0.477 e. The molecule has 1 heterocycles. The van der Waals surface area contributed by atoms with Gasteiger partial charge in [-0.05, 0) is 37.3 Å². The molecule has 1 aromatic carbocycles. The highest BCUT2D eigenvalue weighted by Gasteiger charge is 2.09. The van der Waals surface area contributed by atoms with Crippen LogP contribution in [0.1, 0.15) is 41.1 Å². The lowest BCUT2D eigenvalue weighted by Gasteiger charge is -2.08. The minimum atomic E-state index is -0.388. The zero-order valence-corrected chi connectivity index (χ0v) is 15.8. The fraction of sp³-hybridized carbons (Fsp3) is 0.316. The molecule has 0 unspecified atom stereocenters. The van der Waals surface area contributed by atoms with Crippen molar-refractivity contribution in [1.29, 1.82) is 0 Å². The van der Waals surface area contributed by atoms with Crippen molar-refractivity contribution in [3.05, 3.63) is 47.7 Å². The fourth-order valence-corrected chi connectivity index (χ4v) is 2.16. The number of benzene rings is 1. The molecule has 148 valence electrons. The van der Waals surface area contributed by atoms with Crippen LogP contribution in [-0.4, -0.2) is 47.6 Å². The molecule has 3 amide bonds. The van der Waals surface area contributed by atoms with Gasteiger partial charge in [-0.1, -0.05) is 6.92 Å². The van der Waals surface area contributed by atoms with E-state index in [1.807, 2.05) is 6.92 Å². The largest absolute Gasteiger partial charge is 0.477 e. The van der Waals surface area contributed by atoms with Crippen LogP contribution in [0.3, 0.4) is 0 Å². The molecule has 2 rings (SSSR count). The first-order valence-corrected chi connectivity index (χ1v) is 8.96. The summed E-state index contributed by atoms with van der Waals surface area (Å²) >= 11 is 0. The van der Waals surface area contributed by atoms with E-state index in [-0.39, 0.29) is 36.5 Å². The van der Waals surface area contributed by atoms with Crippen LogP contribution in [0.25, 0.3) is 0 Å². The highest BCUT2D eigenvalue weighted by Crippen LogP contribution is 2.10. The standard InChI is InChI=1S/C19H23N5O4/c1-3-16(25)22-14-7-5-13(6-8-14)18(26)20-11-12-21-19(27)15-9-10-17(24-23-15)28-4-2/h5-10H,3-4,11-12H2,1-2H3,(H,20,26)(H,21,27)(H,22,25). The van der Waals surface area contributed by atoms with Gasteiger partial charge in [0, 0.05) is 36.8 Å². The number of hydrogen-bond acceptors (Lipinski definition) is 6. The molecule has 0 saturated carbocycles. The van der Waals surface area contributed by atoms with Crippen LogP contribution in [0.15, 0.2) is 36.4 Å². The maximum Gasteiger partial charge on any atom is 0.271 e. The maximum atomic E-state index is 12.1. The Balaban J connectivity index is 1.74. The highest BCUT2D eigenvalue weighted by molar-refractivity contribution is 5.96. The summed E-state index contributed by atoms with van der Waals surface area (Å²) in [5.74, 6) is -0.402. The molecule has 0 radical (unpaired) electrons. The molecule has 0 bridgehead atoms. The summed E-state index contributed by atoms with van der Waals surface area (Å²) in [7, 11) is 0. The minimum absolute atomic E-state index is 0.0924. The van der Waals surface area contributed by atoms with Gasteiger partial charge >= 0.3 is 0 Å². The molecule has 0 aliphatic rings. The van der Waals surface area contributed by atoms with E-state index >= 15 is 0 Å². The van der Waals surface area contributed by atoms with E-state index in [4.69, 9.17) is 4.74 Å². The van der Waals surface area contributed by atoms with Crippen LogP contribution in [0.4, 0.5) is 5.69 Å². The van der Waals surface area contributed by atoms with Gasteiger partial charge in [0.25, 0.3) is 11.8 Å². The highest BCUT2D eigenvalue weighted by atomic mass is 16.5. The normalized spacial score (nSPS) is 10.1. The number of anilines is 1. The molecule has 0 atom stereocenters. The first-order chi connectivity index (χ1) is 13.5. The lowest BCUT2D eigenvalue weighted by atomic mass is 10.2. The van der Waals surface area contributed by atoms with Gasteiger partial charge in [-0.2, -0.15) is 0 Å². The van der Waals surface area contributed by atoms with E-state index in [9.17, 15) is 14.4 Å². The van der Waals surface area contributed by atoms with Crippen molar-refractivity contribution in [2.45, 2.75) is 20.3 Å². The van der Waals surface area contributed by atoms with Crippen LogP contribution in [-0.2, 0) is 4.79 Å². The smallest absolute Gasteiger partial charge is 0.271 e. The second-order valence-corrected chi connectivity index (χ2v) is 5.68. The van der Waals surface area contributed by atoms with Gasteiger partial charge in [0.1, 0.15) is 0 Å². The van der Waals surface area contributed by atoms with Gasteiger partial charge < -0.3 is 20.7 Å². The van der Waals surface area contributed by atoms with Gasteiger partial charge in [-0.3, -0.25) is 14.4 Å². The Labute approximate surface area is 162 Å². The molecule has 0 aliphatic carbocycles. The molecule has 9 heteroatoms. The van der Waals surface area contributed by atoms with E-state index in [2.05, 4.69) is 26.1 Å². The molecular weight excluding hydrogens is 362 g/mol.